The third-order valence-electron chi connectivity index (χ3n) is 12.0. The zero-order chi connectivity index (χ0) is 33.9. The molecule has 13 nitrogen and oxygen atoms in total. The Morgan fingerprint density at radius 2 is 1.55 bits per heavy atom. The number of phenols is 1. The number of ketones is 2. The number of aromatic hydroxyl groups is 1. The zero-order valence-electron chi connectivity index (χ0n) is 27.1. The number of likely N-dealkylation sites (N-methyl/N-ethyl adjacent to an activating group) is 1. The first kappa shape index (κ1) is 31.5. The van der Waals surface area contributed by atoms with Gasteiger partial charge in [0, 0.05) is 31.3 Å². The molecule has 4 atom stereocenters. The lowest BCUT2D eigenvalue weighted by atomic mass is 9.49. The zero-order valence-corrected chi connectivity index (χ0v) is 27.1. The number of Topliss-reactive ketones (excluding diaryl/α,β-unsaturated/α-hetero) is 2. The third-order valence-corrected chi connectivity index (χ3v) is 12.0. The van der Waals surface area contributed by atoms with E-state index < -0.39 is 69.2 Å². The summed E-state index contributed by atoms with van der Waals surface area (Å²) in [4.78, 5) is 56.7. The van der Waals surface area contributed by atoms with Gasteiger partial charge in [-0.2, -0.15) is 0 Å². The predicted octanol–water partition coefficient (Wildman–Crippen LogP) is 1.69. The summed E-state index contributed by atoms with van der Waals surface area (Å²) in [5, 5.41) is 46.3. The van der Waals surface area contributed by atoms with E-state index >= 15 is 0 Å². The number of benzene rings is 1. The van der Waals surface area contributed by atoms with E-state index in [1.165, 1.54) is 24.2 Å². The van der Waals surface area contributed by atoms with Crippen LogP contribution in [0.5, 0.6) is 5.75 Å². The Labute approximate surface area is 272 Å². The lowest BCUT2D eigenvalue weighted by Gasteiger charge is -2.55. The van der Waals surface area contributed by atoms with E-state index in [9.17, 15) is 39.6 Å². The quantitative estimate of drug-likeness (QED) is 0.134. The van der Waals surface area contributed by atoms with Gasteiger partial charge in [0.05, 0.1) is 22.7 Å². The Morgan fingerprint density at radius 3 is 2.09 bits per heavy atom. The van der Waals surface area contributed by atoms with Crippen molar-refractivity contribution in [3.8, 4) is 5.75 Å². The van der Waals surface area contributed by atoms with Crippen molar-refractivity contribution in [2.75, 3.05) is 38.5 Å². The van der Waals surface area contributed by atoms with Gasteiger partial charge in [0.15, 0.2) is 17.1 Å². The van der Waals surface area contributed by atoms with Crippen molar-refractivity contribution in [3.05, 3.63) is 34.1 Å². The number of hydrogen-bond donors (Lipinski definition) is 7. The van der Waals surface area contributed by atoms with E-state index in [0.29, 0.717) is 29.0 Å². The van der Waals surface area contributed by atoms with Gasteiger partial charge >= 0.3 is 0 Å². The number of carbonyl (C=O) groups is 4. The molecule has 5 saturated carbocycles. The molecule has 8 N–H and O–H groups in total. The summed E-state index contributed by atoms with van der Waals surface area (Å²) in [6, 6.07) is 0.520. The number of amides is 2. The van der Waals surface area contributed by atoms with Crippen LogP contribution in [0.2, 0.25) is 0 Å². The van der Waals surface area contributed by atoms with Gasteiger partial charge in [-0.05, 0) is 101 Å². The first-order valence-electron chi connectivity index (χ1n) is 16.4. The molecule has 7 aliphatic rings. The molecule has 1 aromatic carbocycles. The van der Waals surface area contributed by atoms with Crippen LogP contribution in [0.25, 0.3) is 5.76 Å². The largest absolute Gasteiger partial charge is 0.508 e. The molecular formula is C34H43N5O8. The minimum atomic E-state index is -2.72. The second kappa shape index (κ2) is 10.4. The number of carbonyl (C=O) groups excluding carboxylic acids is 4. The fourth-order valence-electron chi connectivity index (χ4n) is 10.4. The molecule has 1 aromatic rings. The van der Waals surface area contributed by atoms with Crippen molar-refractivity contribution in [2.24, 2.45) is 40.7 Å². The number of primary amides is 1. The van der Waals surface area contributed by atoms with Crippen LogP contribution in [-0.4, -0.2) is 88.5 Å². The van der Waals surface area contributed by atoms with E-state index in [2.05, 4.69) is 10.9 Å². The smallest absolute Gasteiger partial charge is 0.255 e. The van der Waals surface area contributed by atoms with Crippen LogP contribution >= 0.6 is 0 Å². The van der Waals surface area contributed by atoms with Gasteiger partial charge in [-0.15, -0.1) is 0 Å². The first-order valence-corrected chi connectivity index (χ1v) is 16.4. The molecule has 5 fully saturated rings. The summed E-state index contributed by atoms with van der Waals surface area (Å²) in [5.41, 5.74) is 8.14. The molecule has 252 valence electrons. The highest BCUT2D eigenvalue weighted by molar-refractivity contribution is 6.24. The van der Waals surface area contributed by atoms with Gasteiger partial charge in [-0.3, -0.25) is 34.9 Å². The second-order valence-electron chi connectivity index (χ2n) is 15.3. The highest BCUT2D eigenvalue weighted by Crippen LogP contribution is 2.60. The number of hydrazine groups is 1. The van der Waals surface area contributed by atoms with Crippen LogP contribution in [0, 0.1) is 35.0 Å². The van der Waals surface area contributed by atoms with Crippen molar-refractivity contribution in [1.29, 1.82) is 0 Å². The third kappa shape index (κ3) is 4.35. The summed E-state index contributed by atoms with van der Waals surface area (Å²) >= 11 is 0. The molecule has 2 unspecified atom stereocenters. The van der Waals surface area contributed by atoms with Crippen LogP contribution in [0.3, 0.4) is 0 Å². The SMILES string of the molecule is CN(C)c1cc(NNC(=O)C23CC4CC(CC(C4)C2)C3)c(O)c2c1CC1CC3[C@H](N(C)C)C(=O)C(C(N)=O)=C(O)[C@@]3(O)C(=O)C1=C2O. The Bertz CT molecular complexity index is 1660. The topological polar surface area (TPSA) is 206 Å². The number of fused-ring (bicyclic) bond motifs is 3. The maximum atomic E-state index is 14.2. The highest BCUT2D eigenvalue weighted by Gasteiger charge is 2.64. The summed E-state index contributed by atoms with van der Waals surface area (Å²) < 4.78 is 0. The summed E-state index contributed by atoms with van der Waals surface area (Å²) in [6.07, 6.45) is 6.28. The van der Waals surface area contributed by atoms with E-state index in [4.69, 9.17) is 5.73 Å². The van der Waals surface area contributed by atoms with E-state index in [1.807, 2.05) is 0 Å². The molecule has 0 spiro atoms. The number of aliphatic hydroxyl groups excluding tert-OH is 2. The van der Waals surface area contributed by atoms with Gasteiger partial charge in [0.1, 0.15) is 17.1 Å². The Balaban J connectivity index is 1.28. The molecule has 13 heteroatoms. The van der Waals surface area contributed by atoms with Crippen molar-refractivity contribution < 1.29 is 39.6 Å². The maximum Gasteiger partial charge on any atom is 0.255 e. The van der Waals surface area contributed by atoms with Crippen LogP contribution < -0.4 is 21.5 Å². The van der Waals surface area contributed by atoms with Gasteiger partial charge in [0.25, 0.3) is 5.91 Å². The average molecular weight is 650 g/mol. The van der Waals surface area contributed by atoms with Gasteiger partial charge in [0.2, 0.25) is 11.7 Å². The molecule has 0 saturated heterocycles. The van der Waals surface area contributed by atoms with Crippen molar-refractivity contribution in [1.82, 2.24) is 10.3 Å². The summed E-state index contributed by atoms with van der Waals surface area (Å²) in [6.45, 7) is 0. The standard InChI is InChI=1S/C34H43N5O8/c1-38(2)21-10-20(36-37-32(46)33-11-14-5-15(12-33)7-16(6-14)13-33)26(40)23-18(21)8-17-9-19-25(39(3)4)28(42)24(31(35)45)30(44)34(19,47)29(43)22(17)27(23)41/h10,14-17,19,25,36,40-41,44,47H,5-9,11-13H2,1-4H3,(H2,35,45)(H,37,46)/t14?,15?,16?,17?,19?,25-,33?,34-/m0/s1. The predicted molar refractivity (Wildman–Crippen MR) is 171 cm³/mol. The molecule has 0 heterocycles. The number of anilines is 2. The number of hydrogen-bond acceptors (Lipinski definition) is 11. The lowest BCUT2D eigenvalue weighted by molar-refractivity contribution is -0.153. The maximum absolute atomic E-state index is 14.2. The number of aliphatic hydroxyl groups is 3. The molecule has 47 heavy (non-hydrogen) atoms. The lowest BCUT2D eigenvalue weighted by Crippen LogP contribution is -2.65. The molecule has 2 amide bonds. The fraction of sp³-hybridized carbons (Fsp3) is 0.588. The van der Waals surface area contributed by atoms with Gasteiger partial charge < -0.3 is 31.1 Å². The van der Waals surface area contributed by atoms with Gasteiger partial charge in [-0.1, -0.05) is 0 Å². The van der Waals surface area contributed by atoms with Crippen molar-refractivity contribution >= 4 is 40.5 Å². The van der Waals surface area contributed by atoms with Crippen molar-refractivity contribution in [3.63, 3.8) is 0 Å². The monoisotopic (exact) mass is 649 g/mol. The Kier molecular flexibility index (Phi) is 7.00. The molecule has 0 aliphatic heterocycles. The number of rotatable bonds is 6. The fourth-order valence-corrected chi connectivity index (χ4v) is 10.4. The van der Waals surface area contributed by atoms with Crippen LogP contribution in [0.1, 0.15) is 56.1 Å². The van der Waals surface area contributed by atoms with E-state index in [0.717, 1.165) is 19.3 Å². The highest BCUT2D eigenvalue weighted by atomic mass is 16.3. The second-order valence-corrected chi connectivity index (χ2v) is 15.3. The summed E-state index contributed by atoms with van der Waals surface area (Å²) in [7, 11) is 6.71. The minimum Gasteiger partial charge on any atom is -0.508 e. The molecule has 0 aromatic heterocycles. The number of nitrogens with zero attached hydrogens (tertiary/aromatic N) is 2. The first-order chi connectivity index (χ1) is 22.1. The number of phenolic OH excluding ortho intramolecular Hbond substituents is 1. The Hall–Kier alpha value is -4.10. The minimum absolute atomic E-state index is 0.000512. The van der Waals surface area contributed by atoms with Crippen LogP contribution in [-0.2, 0) is 25.6 Å². The van der Waals surface area contributed by atoms with E-state index in [-0.39, 0.29) is 35.6 Å². The normalized spacial score (nSPS) is 35.4. The van der Waals surface area contributed by atoms with Crippen molar-refractivity contribution in [2.45, 2.75) is 63.0 Å². The van der Waals surface area contributed by atoms with Crippen LogP contribution in [0.15, 0.2) is 23.0 Å². The molecule has 4 bridgehead atoms. The molecule has 8 rings (SSSR count). The molecule has 7 aliphatic carbocycles. The summed E-state index contributed by atoms with van der Waals surface area (Å²) in [5.74, 6) is -5.54. The number of nitrogens with one attached hydrogen (secondary N) is 2. The van der Waals surface area contributed by atoms with Crippen LogP contribution in [0.4, 0.5) is 11.4 Å². The average Bonchev–Trinajstić information content (AvgIpc) is 2.97. The van der Waals surface area contributed by atoms with Gasteiger partial charge in [-0.25, -0.2) is 0 Å². The van der Waals surface area contributed by atoms with E-state index in [1.54, 1.807) is 39.2 Å². The molecule has 0 radical (unpaired) electrons. The number of nitrogens with two attached hydrogens (primary N) is 1. The Morgan fingerprint density at radius 1 is 0.957 bits per heavy atom. The molecular weight excluding hydrogens is 606 g/mol.